The van der Waals surface area contributed by atoms with Gasteiger partial charge in [-0.25, -0.2) is 0 Å². The van der Waals surface area contributed by atoms with E-state index in [1.807, 2.05) is 6.20 Å². The predicted molar refractivity (Wildman–Crippen MR) is 84.8 cm³/mol. The number of aromatic nitrogens is 4. The molecule has 114 valence electrons. The predicted octanol–water partition coefficient (Wildman–Crippen LogP) is 1.32. The van der Waals surface area contributed by atoms with Crippen molar-refractivity contribution < 1.29 is 0 Å². The zero-order valence-electron chi connectivity index (χ0n) is 12.9. The summed E-state index contributed by atoms with van der Waals surface area (Å²) in [7, 11) is 2.16. The van der Waals surface area contributed by atoms with Gasteiger partial charge in [0.2, 0.25) is 5.95 Å². The highest BCUT2D eigenvalue weighted by atomic mass is 15.3. The van der Waals surface area contributed by atoms with Crippen LogP contribution >= 0.6 is 0 Å². The fraction of sp³-hybridized carbons (Fsp3) is 0.643. The minimum Gasteiger partial charge on any atom is -0.354 e. The van der Waals surface area contributed by atoms with Crippen LogP contribution in [0.4, 0.5) is 11.8 Å². The third-order valence-corrected chi connectivity index (χ3v) is 3.93. The average molecular weight is 289 g/mol. The molecule has 0 aliphatic carbocycles. The van der Waals surface area contributed by atoms with Crippen molar-refractivity contribution in [1.29, 1.82) is 0 Å². The lowest BCUT2D eigenvalue weighted by atomic mass is 10.2. The van der Waals surface area contributed by atoms with Crippen LogP contribution in [-0.2, 0) is 0 Å². The Kier molecular flexibility index (Phi) is 3.92. The Morgan fingerprint density at radius 2 is 2.24 bits per heavy atom. The maximum absolute atomic E-state index is 4.73. The molecule has 1 saturated heterocycles. The summed E-state index contributed by atoms with van der Waals surface area (Å²) in [5.74, 6) is 1.66. The Morgan fingerprint density at radius 3 is 3.00 bits per heavy atom. The lowest BCUT2D eigenvalue weighted by Crippen LogP contribution is -2.50. The summed E-state index contributed by atoms with van der Waals surface area (Å²) < 4.78 is 0. The smallest absolute Gasteiger partial charge is 0.226 e. The number of likely N-dealkylation sites (N-methyl/N-ethyl adjacent to an activating group) is 1. The molecule has 7 nitrogen and oxygen atoms in total. The first-order valence-electron chi connectivity index (χ1n) is 7.59. The van der Waals surface area contributed by atoms with E-state index in [2.05, 4.69) is 51.2 Å². The summed E-state index contributed by atoms with van der Waals surface area (Å²) >= 11 is 0. The molecule has 1 aliphatic rings. The van der Waals surface area contributed by atoms with E-state index in [1.165, 1.54) is 0 Å². The van der Waals surface area contributed by atoms with Crippen LogP contribution in [0.5, 0.6) is 0 Å². The Bertz CT molecular complexity index is 608. The van der Waals surface area contributed by atoms with Gasteiger partial charge in [0.25, 0.3) is 0 Å². The Labute approximate surface area is 124 Å². The van der Waals surface area contributed by atoms with Gasteiger partial charge in [-0.15, -0.1) is 0 Å². The number of piperazine rings is 1. The number of aromatic amines is 1. The first kappa shape index (κ1) is 14.1. The van der Waals surface area contributed by atoms with Crippen molar-refractivity contribution >= 4 is 22.8 Å². The molecular weight excluding hydrogens is 266 g/mol. The fourth-order valence-corrected chi connectivity index (χ4v) is 2.81. The van der Waals surface area contributed by atoms with E-state index in [-0.39, 0.29) is 0 Å². The number of nitrogens with one attached hydrogen (secondary N) is 2. The molecule has 3 rings (SSSR count). The van der Waals surface area contributed by atoms with Crippen LogP contribution in [0.2, 0.25) is 0 Å². The first-order valence-corrected chi connectivity index (χ1v) is 7.59. The van der Waals surface area contributed by atoms with E-state index in [1.54, 1.807) is 0 Å². The highest BCUT2D eigenvalue weighted by Gasteiger charge is 2.25. The standard InChI is InChI=1S/C14H23N7/c1-4-5-15-14-17-12-11(8-16-19-12)13(18-14)21-7-6-20(3)9-10(21)2/h8,10H,4-7,9H2,1-3H3,(H2,15,16,17,18,19). The van der Waals surface area contributed by atoms with Crippen molar-refractivity contribution in [3.8, 4) is 0 Å². The number of anilines is 2. The summed E-state index contributed by atoms with van der Waals surface area (Å²) in [6.07, 6.45) is 2.87. The number of rotatable bonds is 4. The number of hydrogen-bond donors (Lipinski definition) is 2. The molecule has 1 fully saturated rings. The summed E-state index contributed by atoms with van der Waals surface area (Å²) in [6, 6.07) is 0.427. The van der Waals surface area contributed by atoms with E-state index in [4.69, 9.17) is 4.98 Å². The maximum Gasteiger partial charge on any atom is 0.226 e. The molecule has 0 amide bonds. The molecule has 1 unspecified atom stereocenters. The van der Waals surface area contributed by atoms with Crippen LogP contribution in [0.25, 0.3) is 11.0 Å². The Hall–Kier alpha value is -1.89. The molecule has 0 radical (unpaired) electrons. The third kappa shape index (κ3) is 2.78. The molecule has 21 heavy (non-hydrogen) atoms. The molecule has 2 N–H and O–H groups in total. The van der Waals surface area contributed by atoms with Gasteiger partial charge in [0.05, 0.1) is 11.6 Å². The molecule has 0 spiro atoms. The number of nitrogens with zero attached hydrogens (tertiary/aromatic N) is 5. The van der Waals surface area contributed by atoms with Crippen LogP contribution < -0.4 is 10.2 Å². The maximum atomic E-state index is 4.73. The van der Waals surface area contributed by atoms with Gasteiger partial charge >= 0.3 is 0 Å². The lowest BCUT2D eigenvalue weighted by molar-refractivity contribution is 0.275. The van der Waals surface area contributed by atoms with Gasteiger partial charge in [-0.2, -0.15) is 15.1 Å². The highest BCUT2D eigenvalue weighted by molar-refractivity contribution is 5.87. The number of H-pyrrole nitrogens is 1. The Morgan fingerprint density at radius 1 is 1.38 bits per heavy atom. The van der Waals surface area contributed by atoms with Crippen LogP contribution in [0.3, 0.4) is 0 Å². The van der Waals surface area contributed by atoms with E-state index in [0.29, 0.717) is 12.0 Å². The van der Waals surface area contributed by atoms with Crippen LogP contribution in [-0.4, -0.2) is 64.3 Å². The van der Waals surface area contributed by atoms with Crippen LogP contribution in [0, 0.1) is 0 Å². The quantitative estimate of drug-likeness (QED) is 0.884. The average Bonchev–Trinajstić information content (AvgIpc) is 2.93. The molecule has 0 aromatic carbocycles. The van der Waals surface area contributed by atoms with Gasteiger partial charge in [-0.1, -0.05) is 6.92 Å². The number of fused-ring (bicyclic) bond motifs is 1. The topological polar surface area (TPSA) is 73.0 Å². The van der Waals surface area contributed by atoms with Crippen LogP contribution in [0.1, 0.15) is 20.3 Å². The van der Waals surface area contributed by atoms with Crippen LogP contribution in [0.15, 0.2) is 6.20 Å². The lowest BCUT2D eigenvalue weighted by Gasteiger charge is -2.39. The highest BCUT2D eigenvalue weighted by Crippen LogP contribution is 2.26. The van der Waals surface area contributed by atoms with E-state index >= 15 is 0 Å². The van der Waals surface area contributed by atoms with Gasteiger partial charge < -0.3 is 15.1 Å². The molecular formula is C14H23N7. The molecule has 3 heterocycles. The molecule has 1 aliphatic heterocycles. The molecule has 0 bridgehead atoms. The second kappa shape index (κ2) is 5.85. The third-order valence-electron chi connectivity index (χ3n) is 3.93. The van der Waals surface area contributed by atoms with Crippen molar-refractivity contribution in [2.75, 3.05) is 43.4 Å². The summed E-state index contributed by atoms with van der Waals surface area (Å²) in [6.45, 7) is 8.31. The zero-order valence-corrected chi connectivity index (χ0v) is 12.9. The first-order chi connectivity index (χ1) is 10.2. The van der Waals surface area contributed by atoms with E-state index < -0.39 is 0 Å². The summed E-state index contributed by atoms with van der Waals surface area (Å²) in [4.78, 5) is 13.9. The Balaban J connectivity index is 1.97. The SMILES string of the molecule is CCCNc1nc(N2CCN(C)CC2C)c2cn[nH]c2n1. The summed E-state index contributed by atoms with van der Waals surface area (Å²) in [5.41, 5.74) is 0.796. The van der Waals surface area contributed by atoms with Crippen molar-refractivity contribution in [1.82, 2.24) is 25.1 Å². The van der Waals surface area contributed by atoms with Gasteiger partial charge in [0.15, 0.2) is 5.65 Å². The largest absolute Gasteiger partial charge is 0.354 e. The van der Waals surface area contributed by atoms with E-state index in [9.17, 15) is 0 Å². The van der Waals surface area contributed by atoms with Gasteiger partial charge in [-0.3, -0.25) is 5.10 Å². The summed E-state index contributed by atoms with van der Waals surface area (Å²) in [5, 5.41) is 11.4. The fourth-order valence-electron chi connectivity index (χ4n) is 2.81. The molecule has 2 aromatic rings. The normalized spacial score (nSPS) is 20.1. The van der Waals surface area contributed by atoms with Gasteiger partial charge in [0, 0.05) is 32.2 Å². The zero-order chi connectivity index (χ0) is 14.8. The molecule has 7 heteroatoms. The van der Waals surface area contributed by atoms with Gasteiger partial charge in [0.1, 0.15) is 5.82 Å². The minimum absolute atomic E-state index is 0.427. The van der Waals surface area contributed by atoms with Crippen molar-refractivity contribution in [3.05, 3.63) is 6.20 Å². The second-order valence-electron chi connectivity index (χ2n) is 5.73. The number of hydrogen-bond acceptors (Lipinski definition) is 6. The molecule has 2 aromatic heterocycles. The molecule has 1 atom stereocenters. The van der Waals surface area contributed by atoms with Gasteiger partial charge in [-0.05, 0) is 20.4 Å². The monoisotopic (exact) mass is 289 g/mol. The minimum atomic E-state index is 0.427. The van der Waals surface area contributed by atoms with Crippen molar-refractivity contribution in [2.45, 2.75) is 26.3 Å². The second-order valence-corrected chi connectivity index (χ2v) is 5.73. The van der Waals surface area contributed by atoms with Crippen molar-refractivity contribution in [3.63, 3.8) is 0 Å². The van der Waals surface area contributed by atoms with Crippen molar-refractivity contribution in [2.24, 2.45) is 0 Å². The van der Waals surface area contributed by atoms with E-state index in [0.717, 1.165) is 49.5 Å². The molecule has 0 saturated carbocycles.